The van der Waals surface area contributed by atoms with Gasteiger partial charge in [-0.3, -0.25) is 4.79 Å². The number of imidazole rings is 1. The Morgan fingerprint density at radius 2 is 1.97 bits per heavy atom. The molecule has 0 atom stereocenters. The molecule has 1 amide bonds. The van der Waals surface area contributed by atoms with Crippen molar-refractivity contribution in [3.05, 3.63) is 67.9 Å². The van der Waals surface area contributed by atoms with Crippen molar-refractivity contribution in [3.8, 4) is 0 Å². The number of aromatic amines is 1. The summed E-state index contributed by atoms with van der Waals surface area (Å²) in [5.41, 5.74) is 3.25. The van der Waals surface area contributed by atoms with E-state index in [2.05, 4.69) is 41.5 Å². The average molecular weight is 509 g/mol. The lowest BCUT2D eigenvalue weighted by Gasteiger charge is -2.08. The summed E-state index contributed by atoms with van der Waals surface area (Å²) in [4.78, 5) is 24.6. The number of rotatable bonds is 6. The Labute approximate surface area is 192 Å². The van der Waals surface area contributed by atoms with Gasteiger partial charge in [-0.05, 0) is 66.5 Å². The zero-order chi connectivity index (χ0) is 21.8. The SMILES string of the molecule is CC/C=C(Cl)\C(Nc1nc2ccc(C(=O)Nc3ccc(Br)c(C)n3)cc2[nH]1)=C(/C)Cl. The first kappa shape index (κ1) is 22.3. The molecular formula is C21H20BrCl2N5O. The van der Waals surface area contributed by atoms with E-state index in [1.54, 1.807) is 31.2 Å². The molecular weight excluding hydrogens is 489 g/mol. The van der Waals surface area contributed by atoms with Crippen molar-refractivity contribution in [2.45, 2.75) is 27.2 Å². The molecule has 0 saturated carbocycles. The maximum Gasteiger partial charge on any atom is 0.256 e. The van der Waals surface area contributed by atoms with Crippen molar-refractivity contribution in [1.29, 1.82) is 0 Å². The van der Waals surface area contributed by atoms with Gasteiger partial charge in [0.2, 0.25) is 5.95 Å². The largest absolute Gasteiger partial charge is 0.324 e. The molecule has 0 unspecified atom stereocenters. The lowest BCUT2D eigenvalue weighted by molar-refractivity contribution is 0.102. The highest BCUT2D eigenvalue weighted by Crippen LogP contribution is 2.25. The number of fused-ring (bicyclic) bond motifs is 1. The summed E-state index contributed by atoms with van der Waals surface area (Å²) in [6.45, 7) is 5.60. The lowest BCUT2D eigenvalue weighted by Crippen LogP contribution is -2.13. The molecule has 0 radical (unpaired) electrons. The second-order valence-corrected chi connectivity index (χ2v) is 8.36. The first-order chi connectivity index (χ1) is 14.3. The number of amides is 1. The highest BCUT2D eigenvalue weighted by Gasteiger charge is 2.13. The van der Waals surface area contributed by atoms with Crippen molar-refractivity contribution in [2.24, 2.45) is 0 Å². The fourth-order valence-corrected chi connectivity index (χ4v) is 3.48. The van der Waals surface area contributed by atoms with Crippen molar-refractivity contribution >= 4 is 67.8 Å². The Morgan fingerprint density at radius 3 is 2.63 bits per heavy atom. The summed E-state index contributed by atoms with van der Waals surface area (Å²) >= 11 is 15.9. The van der Waals surface area contributed by atoms with Gasteiger partial charge in [-0.2, -0.15) is 0 Å². The van der Waals surface area contributed by atoms with Gasteiger partial charge in [0.25, 0.3) is 5.91 Å². The van der Waals surface area contributed by atoms with Crippen LogP contribution in [-0.4, -0.2) is 20.9 Å². The molecule has 9 heteroatoms. The fourth-order valence-electron chi connectivity index (χ4n) is 2.72. The van der Waals surface area contributed by atoms with Crippen LogP contribution in [0.5, 0.6) is 0 Å². The van der Waals surface area contributed by atoms with Crippen LogP contribution in [0, 0.1) is 6.92 Å². The normalized spacial score (nSPS) is 12.7. The van der Waals surface area contributed by atoms with E-state index in [1.807, 2.05) is 26.0 Å². The van der Waals surface area contributed by atoms with E-state index in [9.17, 15) is 4.79 Å². The highest BCUT2D eigenvalue weighted by molar-refractivity contribution is 9.10. The summed E-state index contributed by atoms with van der Waals surface area (Å²) in [5, 5.41) is 6.95. The molecule has 3 rings (SSSR count). The molecule has 6 nitrogen and oxygen atoms in total. The van der Waals surface area contributed by atoms with Crippen molar-refractivity contribution in [1.82, 2.24) is 15.0 Å². The zero-order valence-corrected chi connectivity index (χ0v) is 19.7. The Morgan fingerprint density at radius 1 is 1.20 bits per heavy atom. The van der Waals surface area contributed by atoms with E-state index in [-0.39, 0.29) is 5.91 Å². The van der Waals surface area contributed by atoms with E-state index < -0.39 is 0 Å². The number of allylic oxidation sites excluding steroid dienone is 3. The van der Waals surface area contributed by atoms with Crippen molar-refractivity contribution in [2.75, 3.05) is 10.6 Å². The standard InChI is InChI=1S/C21H20BrCl2N5O/c1-4-5-15(24)19(11(2)23)29-21-26-16-8-6-13(10-17(16)27-21)20(30)28-18-9-7-14(22)12(3)25-18/h5-10H,4H2,1-3H3,(H,25,28,30)(H2,26,27,29)/b15-5+,19-11-. The number of aryl methyl sites for hydroxylation is 1. The van der Waals surface area contributed by atoms with Crippen molar-refractivity contribution < 1.29 is 4.79 Å². The smallest absolute Gasteiger partial charge is 0.256 e. The van der Waals surface area contributed by atoms with Crippen LogP contribution in [0.3, 0.4) is 0 Å². The van der Waals surface area contributed by atoms with Crippen LogP contribution in [0.1, 0.15) is 36.3 Å². The molecule has 2 aromatic heterocycles. The summed E-state index contributed by atoms with van der Waals surface area (Å²) in [7, 11) is 0. The minimum absolute atomic E-state index is 0.263. The van der Waals surface area contributed by atoms with Crippen LogP contribution in [-0.2, 0) is 0 Å². The third kappa shape index (κ3) is 5.22. The van der Waals surface area contributed by atoms with Gasteiger partial charge in [0.05, 0.1) is 27.5 Å². The van der Waals surface area contributed by atoms with Crippen LogP contribution in [0.15, 0.2) is 56.6 Å². The van der Waals surface area contributed by atoms with Gasteiger partial charge in [0.1, 0.15) is 5.82 Å². The molecule has 156 valence electrons. The van der Waals surface area contributed by atoms with E-state index in [0.29, 0.717) is 44.1 Å². The number of halogens is 3. The minimum atomic E-state index is -0.263. The second kappa shape index (κ2) is 9.64. The molecule has 30 heavy (non-hydrogen) atoms. The lowest BCUT2D eigenvalue weighted by atomic mass is 10.2. The number of pyridine rings is 1. The Balaban J connectivity index is 1.83. The summed E-state index contributed by atoms with van der Waals surface area (Å²) in [5.74, 6) is 0.698. The minimum Gasteiger partial charge on any atom is -0.324 e. The number of nitrogens with one attached hydrogen (secondary N) is 3. The van der Waals surface area contributed by atoms with Crippen LogP contribution in [0.2, 0.25) is 0 Å². The Hall–Kier alpha value is -2.35. The zero-order valence-electron chi connectivity index (χ0n) is 16.6. The predicted octanol–water partition coefficient (Wildman–Crippen LogP) is 6.70. The van der Waals surface area contributed by atoms with Crippen LogP contribution >= 0.6 is 39.1 Å². The summed E-state index contributed by atoms with van der Waals surface area (Å²) in [6, 6.07) is 8.79. The number of benzene rings is 1. The molecule has 0 aliphatic carbocycles. The van der Waals surface area contributed by atoms with Gasteiger partial charge in [-0.1, -0.05) is 36.2 Å². The Bertz CT molecular complexity index is 1170. The van der Waals surface area contributed by atoms with Gasteiger partial charge in [-0.25, -0.2) is 9.97 Å². The molecule has 0 bridgehead atoms. The number of carbonyl (C=O) groups excluding carboxylic acids is 1. The third-order valence-electron chi connectivity index (χ3n) is 4.22. The highest BCUT2D eigenvalue weighted by atomic mass is 79.9. The van der Waals surface area contributed by atoms with Gasteiger partial charge in [-0.15, -0.1) is 0 Å². The van der Waals surface area contributed by atoms with Crippen LogP contribution in [0.25, 0.3) is 11.0 Å². The monoisotopic (exact) mass is 507 g/mol. The average Bonchev–Trinajstić information content (AvgIpc) is 3.10. The maximum absolute atomic E-state index is 12.6. The van der Waals surface area contributed by atoms with Gasteiger partial charge in [0, 0.05) is 15.1 Å². The van der Waals surface area contributed by atoms with E-state index >= 15 is 0 Å². The number of aromatic nitrogens is 3. The van der Waals surface area contributed by atoms with Gasteiger partial charge in [0.15, 0.2) is 0 Å². The van der Waals surface area contributed by atoms with Gasteiger partial charge >= 0.3 is 0 Å². The summed E-state index contributed by atoms with van der Waals surface area (Å²) < 4.78 is 0.883. The van der Waals surface area contributed by atoms with Crippen LogP contribution in [0.4, 0.5) is 11.8 Å². The molecule has 0 spiro atoms. The predicted molar refractivity (Wildman–Crippen MR) is 127 cm³/mol. The molecule has 0 aliphatic heterocycles. The summed E-state index contributed by atoms with van der Waals surface area (Å²) in [6.07, 6.45) is 2.64. The number of anilines is 2. The molecule has 0 aliphatic rings. The topological polar surface area (TPSA) is 82.7 Å². The number of hydrogen-bond acceptors (Lipinski definition) is 4. The molecule has 3 N–H and O–H groups in total. The van der Waals surface area contributed by atoms with E-state index in [1.165, 1.54) is 0 Å². The first-order valence-electron chi connectivity index (χ1n) is 9.22. The van der Waals surface area contributed by atoms with Crippen molar-refractivity contribution in [3.63, 3.8) is 0 Å². The first-order valence-corrected chi connectivity index (χ1v) is 10.8. The molecule has 0 fully saturated rings. The number of hydrogen-bond donors (Lipinski definition) is 3. The number of nitrogens with zero attached hydrogens (tertiary/aromatic N) is 2. The third-order valence-corrected chi connectivity index (χ3v) is 5.59. The molecule has 2 heterocycles. The van der Waals surface area contributed by atoms with E-state index in [0.717, 1.165) is 16.6 Å². The molecule has 3 aromatic rings. The molecule has 0 saturated heterocycles. The quantitative estimate of drug-likeness (QED) is 0.323. The second-order valence-electron chi connectivity index (χ2n) is 6.53. The number of H-pyrrole nitrogens is 1. The Kier molecular flexibility index (Phi) is 7.18. The molecule has 1 aromatic carbocycles. The maximum atomic E-state index is 12.6. The van der Waals surface area contributed by atoms with E-state index in [4.69, 9.17) is 23.2 Å². The number of carbonyl (C=O) groups is 1. The van der Waals surface area contributed by atoms with Gasteiger partial charge < -0.3 is 15.6 Å². The van der Waals surface area contributed by atoms with Crippen LogP contribution < -0.4 is 10.6 Å². The fraction of sp³-hybridized carbons (Fsp3) is 0.190.